The van der Waals surface area contributed by atoms with E-state index in [1.807, 2.05) is 20.8 Å². The summed E-state index contributed by atoms with van der Waals surface area (Å²) in [7, 11) is 0. The summed E-state index contributed by atoms with van der Waals surface area (Å²) in [6.07, 6.45) is 0.225. The van der Waals surface area contributed by atoms with Crippen LogP contribution >= 0.6 is 11.3 Å². The number of nitrogens with zero attached hydrogens (tertiary/aromatic N) is 2. The van der Waals surface area contributed by atoms with E-state index < -0.39 is 0 Å². The van der Waals surface area contributed by atoms with Crippen LogP contribution < -0.4 is 5.73 Å². The number of rotatable bonds is 4. The zero-order chi connectivity index (χ0) is 9.84. The van der Waals surface area contributed by atoms with Crippen LogP contribution in [0.25, 0.3) is 0 Å². The summed E-state index contributed by atoms with van der Waals surface area (Å²) < 4.78 is 5.39. The molecule has 0 saturated carbocycles. The minimum Gasteiger partial charge on any atom is -0.372 e. The van der Waals surface area contributed by atoms with Crippen molar-refractivity contribution in [3.63, 3.8) is 0 Å². The van der Waals surface area contributed by atoms with E-state index in [-0.39, 0.29) is 12.1 Å². The fourth-order valence-corrected chi connectivity index (χ4v) is 1.46. The van der Waals surface area contributed by atoms with Gasteiger partial charge in [-0.15, -0.1) is 10.2 Å². The molecule has 1 rings (SSSR count). The zero-order valence-electron chi connectivity index (χ0n) is 8.15. The van der Waals surface area contributed by atoms with Gasteiger partial charge in [-0.05, 0) is 20.8 Å². The topological polar surface area (TPSA) is 61.0 Å². The Bertz CT molecular complexity index is 260. The SMILES string of the molecule is CC(C)OCc1nnc([C@@H](C)N)s1. The van der Waals surface area contributed by atoms with Crippen molar-refractivity contribution < 1.29 is 4.74 Å². The van der Waals surface area contributed by atoms with Gasteiger partial charge in [-0.2, -0.15) is 0 Å². The molecule has 5 heteroatoms. The number of nitrogens with two attached hydrogens (primary N) is 1. The summed E-state index contributed by atoms with van der Waals surface area (Å²) in [5.74, 6) is 0. The average Bonchev–Trinajstić information content (AvgIpc) is 2.48. The van der Waals surface area contributed by atoms with E-state index in [0.29, 0.717) is 6.61 Å². The normalized spacial score (nSPS) is 13.6. The first-order valence-corrected chi connectivity index (χ1v) is 5.10. The second-order valence-electron chi connectivity index (χ2n) is 3.18. The Labute approximate surface area is 82.1 Å². The standard InChI is InChI=1S/C8H15N3OS/c1-5(2)12-4-7-10-11-8(13-7)6(3)9/h5-6H,4,9H2,1-3H3/t6-/m1/s1. The summed E-state index contributed by atoms with van der Waals surface area (Å²) in [6.45, 7) is 6.41. The lowest BCUT2D eigenvalue weighted by molar-refractivity contribution is 0.0652. The molecule has 0 aromatic carbocycles. The van der Waals surface area contributed by atoms with Gasteiger partial charge in [0.15, 0.2) is 0 Å². The predicted octanol–water partition coefficient (Wildman–Crippen LogP) is 1.48. The fraction of sp³-hybridized carbons (Fsp3) is 0.750. The lowest BCUT2D eigenvalue weighted by atomic mass is 10.4. The molecule has 0 spiro atoms. The molecular weight excluding hydrogens is 186 g/mol. The molecule has 2 N–H and O–H groups in total. The van der Waals surface area contributed by atoms with Gasteiger partial charge in [0.1, 0.15) is 16.6 Å². The first-order valence-electron chi connectivity index (χ1n) is 4.29. The summed E-state index contributed by atoms with van der Waals surface area (Å²) >= 11 is 1.51. The van der Waals surface area contributed by atoms with E-state index in [4.69, 9.17) is 10.5 Å². The molecule has 0 aliphatic rings. The number of hydrogen-bond acceptors (Lipinski definition) is 5. The second-order valence-corrected chi connectivity index (χ2v) is 4.28. The molecule has 0 unspecified atom stereocenters. The molecule has 0 saturated heterocycles. The lowest BCUT2D eigenvalue weighted by Crippen LogP contribution is -2.03. The third-order valence-electron chi connectivity index (χ3n) is 1.41. The fourth-order valence-electron chi connectivity index (χ4n) is 0.747. The highest BCUT2D eigenvalue weighted by atomic mass is 32.1. The molecule has 1 aromatic heterocycles. The minimum absolute atomic E-state index is 0.0368. The smallest absolute Gasteiger partial charge is 0.143 e. The Balaban J connectivity index is 2.49. The van der Waals surface area contributed by atoms with Crippen LogP contribution in [0.3, 0.4) is 0 Å². The van der Waals surface area contributed by atoms with Gasteiger partial charge in [0, 0.05) is 0 Å². The van der Waals surface area contributed by atoms with Crippen molar-refractivity contribution in [1.82, 2.24) is 10.2 Å². The van der Waals surface area contributed by atoms with Crippen LogP contribution in [0.5, 0.6) is 0 Å². The van der Waals surface area contributed by atoms with Crippen molar-refractivity contribution >= 4 is 11.3 Å². The molecule has 0 amide bonds. The molecule has 0 aliphatic carbocycles. The van der Waals surface area contributed by atoms with Crippen LogP contribution in [-0.2, 0) is 11.3 Å². The zero-order valence-corrected chi connectivity index (χ0v) is 8.97. The Morgan fingerprint density at radius 3 is 2.54 bits per heavy atom. The predicted molar refractivity (Wildman–Crippen MR) is 52.4 cm³/mol. The van der Waals surface area contributed by atoms with Gasteiger partial charge >= 0.3 is 0 Å². The number of ether oxygens (including phenoxy) is 1. The Kier molecular flexibility index (Phi) is 3.77. The highest BCUT2D eigenvalue weighted by Gasteiger charge is 2.08. The third-order valence-corrected chi connectivity index (χ3v) is 2.51. The molecule has 0 aliphatic heterocycles. The second kappa shape index (κ2) is 4.64. The maximum Gasteiger partial charge on any atom is 0.143 e. The van der Waals surface area contributed by atoms with Crippen LogP contribution in [0.15, 0.2) is 0 Å². The van der Waals surface area contributed by atoms with E-state index >= 15 is 0 Å². The minimum atomic E-state index is -0.0368. The van der Waals surface area contributed by atoms with Gasteiger partial charge in [-0.3, -0.25) is 0 Å². The summed E-state index contributed by atoms with van der Waals surface area (Å²) in [5.41, 5.74) is 5.65. The van der Waals surface area contributed by atoms with E-state index in [1.165, 1.54) is 11.3 Å². The van der Waals surface area contributed by atoms with Crippen LogP contribution in [0.4, 0.5) is 0 Å². The van der Waals surface area contributed by atoms with Gasteiger partial charge in [0.2, 0.25) is 0 Å². The summed E-state index contributed by atoms with van der Waals surface area (Å²) in [5, 5.41) is 9.68. The van der Waals surface area contributed by atoms with Crippen LogP contribution in [0.1, 0.15) is 36.8 Å². The van der Waals surface area contributed by atoms with Crippen LogP contribution in [0, 0.1) is 0 Å². The van der Waals surface area contributed by atoms with Gasteiger partial charge in [-0.1, -0.05) is 11.3 Å². The number of hydrogen-bond donors (Lipinski definition) is 1. The molecule has 0 fully saturated rings. The van der Waals surface area contributed by atoms with Crippen molar-refractivity contribution in [2.45, 2.75) is 39.5 Å². The quantitative estimate of drug-likeness (QED) is 0.801. The van der Waals surface area contributed by atoms with Gasteiger partial charge in [-0.25, -0.2) is 0 Å². The summed E-state index contributed by atoms with van der Waals surface area (Å²) in [4.78, 5) is 0. The maximum absolute atomic E-state index is 5.65. The average molecular weight is 201 g/mol. The molecule has 13 heavy (non-hydrogen) atoms. The van der Waals surface area contributed by atoms with Crippen molar-refractivity contribution in [2.75, 3.05) is 0 Å². The Morgan fingerprint density at radius 2 is 2.08 bits per heavy atom. The molecule has 74 valence electrons. The lowest BCUT2D eigenvalue weighted by Gasteiger charge is -2.03. The molecule has 1 aromatic rings. The van der Waals surface area contributed by atoms with Crippen molar-refractivity contribution in [2.24, 2.45) is 5.73 Å². The highest BCUT2D eigenvalue weighted by Crippen LogP contribution is 2.16. The van der Waals surface area contributed by atoms with Gasteiger partial charge in [0.05, 0.1) is 12.1 Å². The maximum atomic E-state index is 5.65. The van der Waals surface area contributed by atoms with Crippen molar-refractivity contribution in [3.8, 4) is 0 Å². The first kappa shape index (κ1) is 10.6. The molecule has 0 bridgehead atoms. The van der Waals surface area contributed by atoms with E-state index in [9.17, 15) is 0 Å². The summed E-state index contributed by atoms with van der Waals surface area (Å²) in [6, 6.07) is -0.0368. The van der Waals surface area contributed by atoms with E-state index in [2.05, 4.69) is 10.2 Å². The largest absolute Gasteiger partial charge is 0.372 e. The number of aromatic nitrogens is 2. The van der Waals surface area contributed by atoms with E-state index in [0.717, 1.165) is 10.0 Å². The monoisotopic (exact) mass is 201 g/mol. The third kappa shape index (κ3) is 3.38. The Morgan fingerprint density at radius 1 is 1.38 bits per heavy atom. The van der Waals surface area contributed by atoms with Crippen molar-refractivity contribution in [3.05, 3.63) is 10.0 Å². The Hall–Kier alpha value is -0.520. The molecule has 1 heterocycles. The highest BCUT2D eigenvalue weighted by molar-refractivity contribution is 7.11. The van der Waals surface area contributed by atoms with Crippen LogP contribution in [-0.4, -0.2) is 16.3 Å². The first-order chi connectivity index (χ1) is 6.09. The van der Waals surface area contributed by atoms with E-state index in [1.54, 1.807) is 0 Å². The van der Waals surface area contributed by atoms with Gasteiger partial charge < -0.3 is 10.5 Å². The molecular formula is C8H15N3OS. The van der Waals surface area contributed by atoms with Gasteiger partial charge in [0.25, 0.3) is 0 Å². The van der Waals surface area contributed by atoms with Crippen LogP contribution in [0.2, 0.25) is 0 Å². The molecule has 0 radical (unpaired) electrons. The molecule has 1 atom stereocenters. The van der Waals surface area contributed by atoms with Crippen molar-refractivity contribution in [1.29, 1.82) is 0 Å². The molecule has 4 nitrogen and oxygen atoms in total.